The Balaban J connectivity index is 1.54. The number of anilines is 2. The first-order valence-corrected chi connectivity index (χ1v) is 9.82. The summed E-state index contributed by atoms with van der Waals surface area (Å²) < 4.78 is 5.13. The maximum atomic E-state index is 12.3. The second kappa shape index (κ2) is 8.90. The van der Waals surface area contributed by atoms with Crippen LogP contribution in [0.25, 0.3) is 0 Å². The molecule has 29 heavy (non-hydrogen) atoms. The molecule has 1 aliphatic carbocycles. The van der Waals surface area contributed by atoms with Crippen molar-refractivity contribution in [3.63, 3.8) is 0 Å². The first kappa shape index (κ1) is 20.6. The molecule has 0 aliphatic heterocycles. The van der Waals surface area contributed by atoms with Crippen LogP contribution in [0.5, 0.6) is 0 Å². The van der Waals surface area contributed by atoms with Crippen LogP contribution in [0.3, 0.4) is 0 Å². The number of benzene rings is 2. The average molecular weight is 394 g/mol. The molecule has 3 rings (SSSR count). The van der Waals surface area contributed by atoms with Gasteiger partial charge < -0.3 is 15.4 Å². The Morgan fingerprint density at radius 2 is 1.72 bits per heavy atom. The van der Waals surface area contributed by atoms with Crippen molar-refractivity contribution < 1.29 is 19.1 Å². The molecule has 2 N–H and O–H groups in total. The topological polar surface area (TPSA) is 84.5 Å². The van der Waals surface area contributed by atoms with Gasteiger partial charge in [0.1, 0.15) is 0 Å². The molecule has 2 aromatic carbocycles. The highest BCUT2D eigenvalue weighted by atomic mass is 16.5. The lowest BCUT2D eigenvalue weighted by atomic mass is 9.98. The molecule has 2 amide bonds. The first-order chi connectivity index (χ1) is 13.8. The number of esters is 1. The van der Waals surface area contributed by atoms with E-state index in [1.807, 2.05) is 25.1 Å². The van der Waals surface area contributed by atoms with Gasteiger partial charge >= 0.3 is 5.97 Å². The number of amides is 2. The summed E-state index contributed by atoms with van der Waals surface area (Å²) in [7, 11) is 0. The number of nitrogens with one attached hydrogen (secondary N) is 2. The first-order valence-electron chi connectivity index (χ1n) is 9.82. The number of carbonyl (C=O) groups is 3. The molecule has 0 heterocycles. The molecule has 0 atom stereocenters. The van der Waals surface area contributed by atoms with Crippen LogP contribution in [-0.4, -0.2) is 24.4 Å². The molecule has 0 aromatic heterocycles. The van der Waals surface area contributed by atoms with Gasteiger partial charge in [-0.3, -0.25) is 9.59 Å². The van der Waals surface area contributed by atoms with Crippen LogP contribution in [0.2, 0.25) is 0 Å². The van der Waals surface area contributed by atoms with Gasteiger partial charge in [0.2, 0.25) is 5.91 Å². The van der Waals surface area contributed by atoms with E-state index in [0.29, 0.717) is 11.3 Å². The lowest BCUT2D eigenvalue weighted by molar-refractivity contribution is -0.119. The van der Waals surface area contributed by atoms with Crippen LogP contribution in [0.1, 0.15) is 54.1 Å². The third-order valence-corrected chi connectivity index (χ3v) is 4.86. The van der Waals surface area contributed by atoms with Gasteiger partial charge in [-0.25, -0.2) is 4.79 Å². The zero-order valence-electron chi connectivity index (χ0n) is 17.0. The van der Waals surface area contributed by atoms with Gasteiger partial charge in [0.15, 0.2) is 6.61 Å². The van der Waals surface area contributed by atoms with Crippen LogP contribution >= 0.6 is 0 Å². The van der Waals surface area contributed by atoms with Crippen LogP contribution in [-0.2, 0) is 14.3 Å². The summed E-state index contributed by atoms with van der Waals surface area (Å²) in [6.45, 7) is 5.67. The van der Waals surface area contributed by atoms with Crippen molar-refractivity contribution in [2.45, 2.75) is 39.5 Å². The summed E-state index contributed by atoms with van der Waals surface area (Å²) in [5.74, 6) is -0.597. The molecule has 2 aromatic rings. The minimum Gasteiger partial charge on any atom is -0.452 e. The van der Waals surface area contributed by atoms with E-state index in [-0.39, 0.29) is 30.3 Å². The highest BCUT2D eigenvalue weighted by Crippen LogP contribution is 2.30. The Bertz CT molecular complexity index is 915. The van der Waals surface area contributed by atoms with Crippen LogP contribution in [0.4, 0.5) is 11.4 Å². The number of para-hydroxylation sites is 1. The van der Waals surface area contributed by atoms with Gasteiger partial charge in [-0.2, -0.15) is 0 Å². The van der Waals surface area contributed by atoms with Gasteiger partial charge in [0, 0.05) is 17.3 Å². The second-order valence-electron chi connectivity index (χ2n) is 7.66. The maximum absolute atomic E-state index is 12.3. The van der Waals surface area contributed by atoms with E-state index < -0.39 is 5.97 Å². The Kier molecular flexibility index (Phi) is 6.32. The van der Waals surface area contributed by atoms with E-state index in [1.54, 1.807) is 24.3 Å². The van der Waals surface area contributed by atoms with Crippen molar-refractivity contribution in [1.29, 1.82) is 0 Å². The highest BCUT2D eigenvalue weighted by Gasteiger charge is 2.29. The van der Waals surface area contributed by atoms with E-state index in [9.17, 15) is 14.4 Å². The molecule has 152 valence electrons. The summed E-state index contributed by atoms with van der Waals surface area (Å²) in [6, 6.07) is 12.3. The number of rotatable bonds is 7. The fraction of sp³-hybridized carbons (Fsp3) is 0.348. The highest BCUT2D eigenvalue weighted by molar-refractivity contribution is 5.97. The van der Waals surface area contributed by atoms with Crippen molar-refractivity contribution in [3.05, 3.63) is 59.2 Å². The van der Waals surface area contributed by atoms with E-state index in [2.05, 4.69) is 24.5 Å². The third-order valence-electron chi connectivity index (χ3n) is 4.86. The molecule has 0 bridgehead atoms. The zero-order chi connectivity index (χ0) is 21.0. The Hall–Kier alpha value is -3.15. The lowest BCUT2D eigenvalue weighted by Crippen LogP contribution is -2.22. The molecular formula is C23H26N2O4. The smallest absolute Gasteiger partial charge is 0.338 e. The maximum Gasteiger partial charge on any atom is 0.338 e. The van der Waals surface area contributed by atoms with Gasteiger partial charge in [0.05, 0.1) is 5.56 Å². The quantitative estimate of drug-likeness (QED) is 0.687. The molecule has 6 nitrogen and oxygen atoms in total. The fourth-order valence-electron chi connectivity index (χ4n) is 3.01. The number of carbonyl (C=O) groups excluding carboxylic acids is 3. The van der Waals surface area contributed by atoms with Crippen molar-refractivity contribution in [2.75, 3.05) is 17.2 Å². The van der Waals surface area contributed by atoms with Gasteiger partial charge in [-0.05, 0) is 61.1 Å². The second-order valence-corrected chi connectivity index (χ2v) is 7.66. The predicted octanol–water partition coefficient (Wildman–Crippen LogP) is 4.26. The zero-order valence-corrected chi connectivity index (χ0v) is 17.0. The van der Waals surface area contributed by atoms with Gasteiger partial charge in [-0.1, -0.05) is 32.0 Å². The minimum atomic E-state index is -0.589. The molecule has 0 saturated heterocycles. The molecule has 1 aliphatic rings. The van der Waals surface area contributed by atoms with Crippen LogP contribution in [0, 0.1) is 12.8 Å². The number of hydrogen-bond acceptors (Lipinski definition) is 4. The SMILES string of the molecule is Cc1cccc(C(C)C)c1NC(=O)COC(=O)c1ccc(NC(=O)C2CC2)cc1. The molecule has 0 spiro atoms. The number of aryl methyl sites for hydroxylation is 1. The molecule has 0 unspecified atom stereocenters. The van der Waals surface area contributed by atoms with E-state index in [1.165, 1.54) is 0 Å². The number of hydrogen-bond donors (Lipinski definition) is 2. The van der Waals surface area contributed by atoms with Crippen molar-refractivity contribution in [3.8, 4) is 0 Å². The van der Waals surface area contributed by atoms with Crippen molar-refractivity contribution in [1.82, 2.24) is 0 Å². The van der Waals surface area contributed by atoms with Crippen LogP contribution < -0.4 is 10.6 Å². The van der Waals surface area contributed by atoms with Crippen molar-refractivity contribution in [2.24, 2.45) is 5.92 Å². The fourth-order valence-corrected chi connectivity index (χ4v) is 3.01. The van der Waals surface area contributed by atoms with Gasteiger partial charge in [0.25, 0.3) is 5.91 Å². The summed E-state index contributed by atoms with van der Waals surface area (Å²) in [5, 5.41) is 5.66. The summed E-state index contributed by atoms with van der Waals surface area (Å²) in [6.07, 6.45) is 1.86. The van der Waals surface area contributed by atoms with E-state index >= 15 is 0 Å². The third kappa shape index (κ3) is 5.44. The Morgan fingerprint density at radius 1 is 1.03 bits per heavy atom. The molecule has 1 saturated carbocycles. The van der Waals surface area contributed by atoms with E-state index in [4.69, 9.17) is 4.74 Å². The minimum absolute atomic E-state index is 0.00831. The average Bonchev–Trinajstić information content (AvgIpc) is 3.53. The van der Waals surface area contributed by atoms with Gasteiger partial charge in [-0.15, -0.1) is 0 Å². The molecular weight excluding hydrogens is 368 g/mol. The molecule has 1 fully saturated rings. The normalized spacial score (nSPS) is 13.1. The van der Waals surface area contributed by atoms with Crippen molar-refractivity contribution >= 4 is 29.2 Å². The molecule has 0 radical (unpaired) electrons. The predicted molar refractivity (Wildman–Crippen MR) is 112 cm³/mol. The summed E-state index contributed by atoms with van der Waals surface area (Å²) >= 11 is 0. The Labute approximate surface area is 170 Å². The summed E-state index contributed by atoms with van der Waals surface area (Å²) in [5.41, 5.74) is 3.71. The lowest BCUT2D eigenvalue weighted by Gasteiger charge is -2.16. The molecule has 6 heteroatoms. The number of ether oxygens (including phenoxy) is 1. The summed E-state index contributed by atoms with van der Waals surface area (Å²) in [4.78, 5) is 36.3. The standard InChI is InChI=1S/C23H26N2O4/c1-14(2)19-6-4-5-15(3)21(19)25-20(26)13-29-23(28)17-9-11-18(12-10-17)24-22(27)16-7-8-16/h4-6,9-12,14,16H,7-8,13H2,1-3H3,(H,24,27)(H,25,26). The Morgan fingerprint density at radius 3 is 2.34 bits per heavy atom. The largest absolute Gasteiger partial charge is 0.452 e. The monoisotopic (exact) mass is 394 g/mol. The van der Waals surface area contributed by atoms with E-state index in [0.717, 1.165) is 29.7 Å². The van der Waals surface area contributed by atoms with Crippen LogP contribution in [0.15, 0.2) is 42.5 Å².